The Balaban J connectivity index is 1.32. The van der Waals surface area contributed by atoms with Crippen molar-refractivity contribution in [2.45, 2.75) is 38.5 Å². The molecule has 3 aromatic rings. The number of hydrogen-bond donors (Lipinski definition) is 2. The third-order valence-corrected chi connectivity index (χ3v) is 6.67. The quantitative estimate of drug-likeness (QED) is 0.566. The molecule has 5 rings (SSSR count). The Hall–Kier alpha value is -4.14. The van der Waals surface area contributed by atoms with E-state index in [1.54, 1.807) is 29.2 Å². The number of fused-ring (bicyclic) bond motifs is 1. The predicted molar refractivity (Wildman–Crippen MR) is 126 cm³/mol. The number of halogens is 3. The van der Waals surface area contributed by atoms with Gasteiger partial charge in [-0.1, -0.05) is 36.4 Å². The predicted octanol–water partition coefficient (Wildman–Crippen LogP) is 4.43. The number of hydrogen-bond acceptors (Lipinski definition) is 3. The molecule has 0 aliphatic carbocycles. The zero-order valence-electron chi connectivity index (χ0n) is 19.4. The number of rotatable bonds is 4. The number of amides is 2. The molecule has 2 amide bonds. The number of nitrogens with one attached hydrogen (secondary N) is 2. The van der Waals surface area contributed by atoms with Crippen molar-refractivity contribution in [3.8, 4) is 0 Å². The van der Waals surface area contributed by atoms with Gasteiger partial charge in [0.1, 0.15) is 17.5 Å². The lowest BCUT2D eigenvalue weighted by atomic mass is 9.85. The molecule has 0 spiro atoms. The summed E-state index contributed by atoms with van der Waals surface area (Å²) in [5.74, 6) is -4.34. The standard InChI is InChI=1S/C27H23F3N4O2/c1-27(24-21(29)10-20(28)11-22(24)30)12-23(35)34(26(31)32-27)13-16-5-4-8-17(9-16)25(36)33-14-18-6-2-3-7-19(18)15-33/h2-11H,12-15H2,1H3,(H2,31,32)/t27-/m0/s1. The Morgan fingerprint density at radius 1 is 1.00 bits per heavy atom. The molecule has 2 N–H and O–H groups in total. The lowest BCUT2D eigenvalue weighted by molar-refractivity contribution is -0.131. The van der Waals surface area contributed by atoms with Crippen LogP contribution in [0.25, 0.3) is 0 Å². The highest BCUT2D eigenvalue weighted by atomic mass is 19.1. The van der Waals surface area contributed by atoms with Crippen LogP contribution in [0.5, 0.6) is 0 Å². The lowest BCUT2D eigenvalue weighted by Gasteiger charge is -2.41. The van der Waals surface area contributed by atoms with Gasteiger partial charge >= 0.3 is 0 Å². The molecule has 0 saturated carbocycles. The summed E-state index contributed by atoms with van der Waals surface area (Å²) in [4.78, 5) is 29.0. The fourth-order valence-corrected chi connectivity index (χ4v) is 4.93. The summed E-state index contributed by atoms with van der Waals surface area (Å²) in [7, 11) is 0. The van der Waals surface area contributed by atoms with Gasteiger partial charge in [-0.05, 0) is 35.7 Å². The van der Waals surface area contributed by atoms with Gasteiger partial charge in [0.25, 0.3) is 5.91 Å². The van der Waals surface area contributed by atoms with E-state index in [1.165, 1.54) is 6.92 Å². The molecule has 0 radical (unpaired) electrons. The van der Waals surface area contributed by atoms with Crippen molar-refractivity contribution in [1.82, 2.24) is 15.1 Å². The molecule has 2 heterocycles. The molecule has 3 aromatic carbocycles. The zero-order valence-corrected chi connectivity index (χ0v) is 19.4. The molecule has 0 unspecified atom stereocenters. The average molecular weight is 493 g/mol. The molecule has 1 saturated heterocycles. The fourth-order valence-electron chi connectivity index (χ4n) is 4.93. The first-order valence-electron chi connectivity index (χ1n) is 11.4. The first kappa shape index (κ1) is 23.6. The Bertz CT molecular complexity index is 1340. The third kappa shape index (κ3) is 4.21. The summed E-state index contributed by atoms with van der Waals surface area (Å²) in [5.41, 5.74) is 1.25. The molecular formula is C27H23F3N4O2. The molecular weight excluding hydrogens is 469 g/mol. The maximum absolute atomic E-state index is 14.4. The van der Waals surface area contributed by atoms with Crippen LogP contribution < -0.4 is 5.32 Å². The molecule has 1 fully saturated rings. The van der Waals surface area contributed by atoms with Gasteiger partial charge in [-0.15, -0.1) is 0 Å². The molecule has 2 aliphatic heterocycles. The number of carbonyl (C=O) groups is 2. The van der Waals surface area contributed by atoms with Crippen LogP contribution in [-0.4, -0.2) is 27.6 Å². The molecule has 0 bridgehead atoms. The molecule has 0 aromatic heterocycles. The maximum atomic E-state index is 14.4. The van der Waals surface area contributed by atoms with Crippen LogP contribution in [0.1, 0.15) is 46.0 Å². The van der Waals surface area contributed by atoms with Crippen LogP contribution in [-0.2, 0) is 30.0 Å². The van der Waals surface area contributed by atoms with Gasteiger partial charge in [-0.25, -0.2) is 13.2 Å². The van der Waals surface area contributed by atoms with Gasteiger partial charge in [-0.3, -0.25) is 19.9 Å². The highest BCUT2D eigenvalue weighted by Crippen LogP contribution is 2.34. The summed E-state index contributed by atoms with van der Waals surface area (Å²) in [6, 6.07) is 15.8. The van der Waals surface area contributed by atoms with Gasteiger partial charge in [-0.2, -0.15) is 0 Å². The molecule has 6 nitrogen and oxygen atoms in total. The number of carbonyl (C=O) groups excluding carboxylic acids is 2. The highest BCUT2D eigenvalue weighted by Gasteiger charge is 2.42. The molecule has 184 valence electrons. The zero-order chi connectivity index (χ0) is 25.6. The van der Waals surface area contributed by atoms with Crippen molar-refractivity contribution in [1.29, 1.82) is 5.41 Å². The number of benzene rings is 3. The van der Waals surface area contributed by atoms with E-state index in [1.807, 2.05) is 24.3 Å². The van der Waals surface area contributed by atoms with Crippen LogP contribution >= 0.6 is 0 Å². The smallest absolute Gasteiger partial charge is 0.254 e. The summed E-state index contributed by atoms with van der Waals surface area (Å²) >= 11 is 0. The van der Waals surface area contributed by atoms with Crippen molar-refractivity contribution in [2.24, 2.45) is 0 Å². The monoisotopic (exact) mass is 492 g/mol. The molecule has 2 aliphatic rings. The Morgan fingerprint density at radius 2 is 1.64 bits per heavy atom. The largest absolute Gasteiger partial charge is 0.346 e. The molecule has 36 heavy (non-hydrogen) atoms. The van der Waals surface area contributed by atoms with Crippen LogP contribution in [0.2, 0.25) is 0 Å². The van der Waals surface area contributed by atoms with Gasteiger partial charge in [0, 0.05) is 36.3 Å². The van der Waals surface area contributed by atoms with Crippen molar-refractivity contribution in [3.05, 3.63) is 106 Å². The second-order valence-electron chi connectivity index (χ2n) is 9.34. The first-order valence-corrected chi connectivity index (χ1v) is 11.4. The molecule has 9 heteroatoms. The van der Waals surface area contributed by atoms with Crippen LogP contribution in [0.15, 0.2) is 60.7 Å². The second kappa shape index (κ2) is 8.82. The lowest BCUT2D eigenvalue weighted by Crippen LogP contribution is -2.59. The van der Waals surface area contributed by atoms with E-state index in [-0.39, 0.29) is 24.8 Å². The van der Waals surface area contributed by atoms with Crippen LogP contribution in [0.3, 0.4) is 0 Å². The summed E-state index contributed by atoms with van der Waals surface area (Å²) in [5, 5.41) is 11.1. The summed E-state index contributed by atoms with van der Waals surface area (Å²) < 4.78 is 42.2. The first-order chi connectivity index (χ1) is 17.1. The van der Waals surface area contributed by atoms with Crippen molar-refractivity contribution < 1.29 is 22.8 Å². The Morgan fingerprint density at radius 3 is 2.25 bits per heavy atom. The van der Waals surface area contributed by atoms with Crippen LogP contribution in [0, 0.1) is 22.9 Å². The summed E-state index contributed by atoms with van der Waals surface area (Å²) in [6.07, 6.45) is -0.348. The Kier molecular flexibility index (Phi) is 5.78. The average Bonchev–Trinajstić information content (AvgIpc) is 3.24. The van der Waals surface area contributed by atoms with Gasteiger partial charge < -0.3 is 10.2 Å². The van der Waals surface area contributed by atoms with E-state index in [4.69, 9.17) is 5.41 Å². The molecule has 1 atom stereocenters. The topological polar surface area (TPSA) is 76.5 Å². The van der Waals surface area contributed by atoms with E-state index in [2.05, 4.69) is 5.32 Å². The van der Waals surface area contributed by atoms with E-state index in [0.29, 0.717) is 36.3 Å². The maximum Gasteiger partial charge on any atom is 0.254 e. The van der Waals surface area contributed by atoms with Gasteiger partial charge in [0.05, 0.1) is 18.5 Å². The minimum atomic E-state index is -1.56. The van der Waals surface area contributed by atoms with Gasteiger partial charge in [0.15, 0.2) is 5.96 Å². The summed E-state index contributed by atoms with van der Waals surface area (Å²) in [6.45, 7) is 2.43. The van der Waals surface area contributed by atoms with Crippen LogP contribution in [0.4, 0.5) is 13.2 Å². The number of guanidine groups is 1. The SMILES string of the molecule is C[C@@]1(c2c(F)cc(F)cc2F)CC(=O)N(Cc2cccc(C(=O)N3Cc4ccccc4C3)c2)C(=N)N1. The minimum absolute atomic E-state index is 0.00350. The third-order valence-electron chi connectivity index (χ3n) is 6.67. The fraction of sp³-hybridized carbons (Fsp3) is 0.222. The van der Waals surface area contributed by atoms with Gasteiger partial charge in [0.2, 0.25) is 5.91 Å². The van der Waals surface area contributed by atoms with Crippen molar-refractivity contribution >= 4 is 17.8 Å². The van der Waals surface area contributed by atoms with E-state index >= 15 is 0 Å². The van der Waals surface area contributed by atoms with E-state index in [9.17, 15) is 22.8 Å². The van der Waals surface area contributed by atoms with Crippen molar-refractivity contribution in [2.75, 3.05) is 0 Å². The number of nitrogens with zero attached hydrogens (tertiary/aromatic N) is 2. The second-order valence-corrected chi connectivity index (χ2v) is 9.34. The highest BCUT2D eigenvalue weighted by molar-refractivity contribution is 5.99. The Labute approximate surface area is 205 Å². The normalized spacial score (nSPS) is 19.3. The van der Waals surface area contributed by atoms with E-state index in [0.717, 1.165) is 16.0 Å². The van der Waals surface area contributed by atoms with Crippen molar-refractivity contribution in [3.63, 3.8) is 0 Å². The van der Waals surface area contributed by atoms with E-state index < -0.39 is 34.5 Å². The minimum Gasteiger partial charge on any atom is -0.346 e.